The topological polar surface area (TPSA) is 90.9 Å². The maximum atomic E-state index is 13.0. The van der Waals surface area contributed by atoms with E-state index in [9.17, 15) is 9.59 Å². The van der Waals surface area contributed by atoms with E-state index in [1.807, 2.05) is 24.0 Å². The van der Waals surface area contributed by atoms with Crippen molar-refractivity contribution in [1.29, 1.82) is 0 Å². The summed E-state index contributed by atoms with van der Waals surface area (Å²) in [6, 6.07) is 5.58. The number of rotatable bonds is 6. The molecule has 0 spiro atoms. The van der Waals surface area contributed by atoms with Crippen molar-refractivity contribution >= 4 is 17.6 Å². The lowest BCUT2D eigenvalue weighted by Crippen LogP contribution is -2.57. The maximum absolute atomic E-state index is 13.0. The molecule has 2 fully saturated rings. The lowest BCUT2D eigenvalue weighted by Gasteiger charge is -2.38. The molecular weight excluding hydrogens is 408 g/mol. The van der Waals surface area contributed by atoms with Gasteiger partial charge in [-0.3, -0.25) is 19.5 Å². The van der Waals surface area contributed by atoms with E-state index in [-0.39, 0.29) is 18.2 Å². The zero-order valence-corrected chi connectivity index (χ0v) is 18.7. The summed E-state index contributed by atoms with van der Waals surface area (Å²) in [6.45, 7) is 6.57. The first-order chi connectivity index (χ1) is 15.5. The van der Waals surface area contributed by atoms with Crippen LogP contribution in [0, 0.1) is 6.92 Å². The number of methoxy groups -OCH3 is 1. The molecule has 9 nitrogen and oxygen atoms in total. The van der Waals surface area contributed by atoms with Crippen LogP contribution in [0.1, 0.15) is 17.5 Å². The quantitative estimate of drug-likeness (QED) is 0.714. The highest BCUT2D eigenvalue weighted by molar-refractivity contribution is 5.89. The summed E-state index contributed by atoms with van der Waals surface area (Å²) in [4.78, 5) is 40.2. The van der Waals surface area contributed by atoms with Crippen LogP contribution in [0.25, 0.3) is 0 Å². The van der Waals surface area contributed by atoms with Gasteiger partial charge in [0, 0.05) is 58.2 Å². The number of benzene rings is 1. The van der Waals surface area contributed by atoms with E-state index in [0.29, 0.717) is 39.3 Å². The zero-order chi connectivity index (χ0) is 22.5. The van der Waals surface area contributed by atoms with Crippen LogP contribution in [0.4, 0.5) is 5.82 Å². The molecule has 3 heterocycles. The second-order valence-corrected chi connectivity index (χ2v) is 8.22. The number of nitrogens with one attached hydrogen (secondary N) is 1. The van der Waals surface area contributed by atoms with Crippen LogP contribution >= 0.6 is 0 Å². The molecule has 1 N–H and O–H groups in total. The van der Waals surface area contributed by atoms with Gasteiger partial charge in [-0.25, -0.2) is 4.98 Å². The van der Waals surface area contributed by atoms with Crippen LogP contribution in [0.2, 0.25) is 0 Å². The number of anilines is 1. The Balaban J connectivity index is 1.37. The summed E-state index contributed by atoms with van der Waals surface area (Å²) >= 11 is 0. The molecule has 170 valence electrons. The largest absolute Gasteiger partial charge is 0.496 e. The molecule has 2 aromatic rings. The molecule has 32 heavy (non-hydrogen) atoms. The molecule has 0 saturated carbocycles. The first-order valence-electron chi connectivity index (χ1n) is 11.0. The van der Waals surface area contributed by atoms with Gasteiger partial charge in [-0.05, 0) is 24.1 Å². The third-order valence-corrected chi connectivity index (χ3v) is 6.16. The Morgan fingerprint density at radius 2 is 2.00 bits per heavy atom. The van der Waals surface area contributed by atoms with Gasteiger partial charge in [-0.2, -0.15) is 0 Å². The van der Waals surface area contributed by atoms with Crippen molar-refractivity contribution in [3.8, 4) is 5.75 Å². The van der Waals surface area contributed by atoms with Gasteiger partial charge in [0.1, 0.15) is 11.6 Å². The number of amides is 2. The highest BCUT2D eigenvalue weighted by atomic mass is 16.5. The van der Waals surface area contributed by atoms with Crippen molar-refractivity contribution < 1.29 is 14.3 Å². The Morgan fingerprint density at radius 3 is 2.69 bits per heavy atom. The molecule has 2 aliphatic heterocycles. The molecular formula is C23H30N6O3. The molecule has 1 aromatic carbocycles. The Bertz CT molecular complexity index is 946. The molecule has 2 saturated heterocycles. The van der Waals surface area contributed by atoms with Gasteiger partial charge >= 0.3 is 0 Å². The molecule has 2 amide bonds. The van der Waals surface area contributed by atoms with E-state index in [4.69, 9.17) is 4.74 Å². The SMILES string of the molecule is COc1ccc(CN2CCNC(=O)[C@@H]2CC(=O)N2CCN(c3cnccn3)CC2)cc1C. The number of hydrogen-bond acceptors (Lipinski definition) is 7. The fraction of sp³-hybridized carbons (Fsp3) is 0.478. The van der Waals surface area contributed by atoms with Gasteiger partial charge in [0.25, 0.3) is 0 Å². The van der Waals surface area contributed by atoms with Crippen LogP contribution in [-0.2, 0) is 16.1 Å². The molecule has 9 heteroatoms. The molecule has 4 rings (SSSR count). The van der Waals surface area contributed by atoms with E-state index in [0.717, 1.165) is 29.2 Å². The van der Waals surface area contributed by atoms with E-state index in [1.165, 1.54) is 0 Å². The van der Waals surface area contributed by atoms with Gasteiger partial charge in [0.05, 0.1) is 25.8 Å². The Kier molecular flexibility index (Phi) is 6.84. The minimum Gasteiger partial charge on any atom is -0.496 e. The fourth-order valence-corrected chi connectivity index (χ4v) is 4.38. The number of carbonyl (C=O) groups is 2. The van der Waals surface area contributed by atoms with E-state index in [2.05, 4.69) is 31.2 Å². The number of hydrogen-bond donors (Lipinski definition) is 1. The van der Waals surface area contributed by atoms with Crippen LogP contribution < -0.4 is 15.0 Å². The van der Waals surface area contributed by atoms with Crippen LogP contribution in [-0.4, -0.2) is 84.0 Å². The predicted molar refractivity (Wildman–Crippen MR) is 120 cm³/mol. The van der Waals surface area contributed by atoms with Crippen LogP contribution in [0.5, 0.6) is 5.75 Å². The highest BCUT2D eigenvalue weighted by Gasteiger charge is 2.33. The summed E-state index contributed by atoms with van der Waals surface area (Å²) in [5.74, 6) is 1.61. The van der Waals surface area contributed by atoms with Gasteiger partial charge in [0.2, 0.25) is 11.8 Å². The van der Waals surface area contributed by atoms with Gasteiger partial charge < -0.3 is 19.9 Å². The lowest BCUT2D eigenvalue weighted by molar-refractivity contribution is -0.139. The second kappa shape index (κ2) is 9.95. The fourth-order valence-electron chi connectivity index (χ4n) is 4.38. The van der Waals surface area contributed by atoms with Crippen LogP contribution in [0.3, 0.4) is 0 Å². The van der Waals surface area contributed by atoms with Gasteiger partial charge in [0.15, 0.2) is 0 Å². The number of aryl methyl sites for hydroxylation is 1. The Morgan fingerprint density at radius 1 is 1.19 bits per heavy atom. The van der Waals surface area contributed by atoms with Gasteiger partial charge in [-0.15, -0.1) is 0 Å². The number of nitrogens with zero attached hydrogens (tertiary/aromatic N) is 5. The predicted octanol–water partition coefficient (Wildman–Crippen LogP) is 0.833. The lowest BCUT2D eigenvalue weighted by atomic mass is 10.0. The first-order valence-corrected chi connectivity index (χ1v) is 11.0. The number of piperazine rings is 2. The summed E-state index contributed by atoms with van der Waals surface area (Å²) in [5.41, 5.74) is 2.16. The highest BCUT2D eigenvalue weighted by Crippen LogP contribution is 2.22. The molecule has 2 aliphatic rings. The molecule has 1 aromatic heterocycles. The Hall–Kier alpha value is -3.20. The normalized spacial score (nSPS) is 19.6. The zero-order valence-electron chi connectivity index (χ0n) is 18.7. The van der Waals surface area contributed by atoms with Crippen molar-refractivity contribution in [3.63, 3.8) is 0 Å². The smallest absolute Gasteiger partial charge is 0.237 e. The van der Waals surface area contributed by atoms with Crippen molar-refractivity contribution in [3.05, 3.63) is 47.9 Å². The minimum atomic E-state index is -0.461. The summed E-state index contributed by atoms with van der Waals surface area (Å²) in [7, 11) is 1.66. The number of ether oxygens (including phenoxy) is 1. The van der Waals surface area contributed by atoms with E-state index in [1.54, 1.807) is 25.7 Å². The summed E-state index contributed by atoms with van der Waals surface area (Å²) in [5, 5.41) is 2.92. The third-order valence-electron chi connectivity index (χ3n) is 6.16. The molecule has 0 unspecified atom stereocenters. The van der Waals surface area contributed by atoms with E-state index < -0.39 is 6.04 Å². The standard InChI is InChI=1S/C23H30N6O3/c1-17-13-18(3-4-20(17)32-2)16-29-8-7-26-23(31)19(29)14-22(30)28-11-9-27(10-12-28)21-15-24-5-6-25-21/h3-6,13,15,19H,7-12,14,16H2,1-2H3,(H,26,31)/t19-/m0/s1. The van der Waals surface area contributed by atoms with Crippen molar-refractivity contribution in [2.75, 3.05) is 51.3 Å². The molecule has 0 bridgehead atoms. The third kappa shape index (κ3) is 4.99. The van der Waals surface area contributed by atoms with Crippen molar-refractivity contribution in [1.82, 2.24) is 25.1 Å². The number of carbonyl (C=O) groups excluding carboxylic acids is 2. The molecule has 0 aliphatic carbocycles. The van der Waals surface area contributed by atoms with Crippen LogP contribution in [0.15, 0.2) is 36.8 Å². The number of aromatic nitrogens is 2. The molecule has 1 atom stereocenters. The molecule has 0 radical (unpaired) electrons. The summed E-state index contributed by atoms with van der Waals surface area (Å²) < 4.78 is 5.34. The first kappa shape index (κ1) is 22.0. The minimum absolute atomic E-state index is 0.0155. The van der Waals surface area contributed by atoms with Crippen molar-refractivity contribution in [2.45, 2.75) is 25.9 Å². The average Bonchev–Trinajstić information content (AvgIpc) is 2.82. The monoisotopic (exact) mass is 438 g/mol. The van der Waals surface area contributed by atoms with Gasteiger partial charge in [-0.1, -0.05) is 12.1 Å². The maximum Gasteiger partial charge on any atom is 0.237 e. The summed E-state index contributed by atoms with van der Waals surface area (Å²) in [6.07, 6.45) is 5.25. The Labute approximate surface area is 188 Å². The van der Waals surface area contributed by atoms with Crippen molar-refractivity contribution in [2.24, 2.45) is 0 Å². The second-order valence-electron chi connectivity index (χ2n) is 8.22. The van der Waals surface area contributed by atoms with E-state index >= 15 is 0 Å². The average molecular weight is 439 g/mol.